The second-order valence-electron chi connectivity index (χ2n) is 4.91. The van der Waals surface area contributed by atoms with Gasteiger partial charge in [-0.25, -0.2) is 12.7 Å². The minimum Gasteiger partial charge on any atom is -0.327 e. The SMILES string of the molecule is CC(N)C(C)c1ccc(S(=O)(=O)N(C)C)cc1[N+](=O)[O-]. The number of benzene rings is 1. The number of nitro groups is 1. The van der Waals surface area contributed by atoms with Crippen molar-refractivity contribution in [3.63, 3.8) is 0 Å². The maximum Gasteiger partial charge on any atom is 0.274 e. The fourth-order valence-electron chi connectivity index (χ4n) is 1.72. The lowest BCUT2D eigenvalue weighted by atomic mass is 9.93. The van der Waals surface area contributed by atoms with Crippen LogP contribution >= 0.6 is 0 Å². The molecule has 0 aliphatic rings. The van der Waals surface area contributed by atoms with Crippen LogP contribution in [0, 0.1) is 10.1 Å². The van der Waals surface area contributed by atoms with E-state index in [4.69, 9.17) is 5.73 Å². The zero-order valence-electron chi connectivity index (χ0n) is 11.9. The Balaban J connectivity index is 3.46. The Morgan fingerprint density at radius 1 is 1.30 bits per heavy atom. The minimum absolute atomic E-state index is 0.102. The van der Waals surface area contributed by atoms with Crippen LogP contribution < -0.4 is 5.73 Å². The quantitative estimate of drug-likeness (QED) is 0.651. The highest BCUT2D eigenvalue weighted by Crippen LogP contribution is 2.31. The van der Waals surface area contributed by atoms with Crippen molar-refractivity contribution in [3.05, 3.63) is 33.9 Å². The van der Waals surface area contributed by atoms with Crippen LogP contribution in [0.25, 0.3) is 0 Å². The van der Waals surface area contributed by atoms with Gasteiger partial charge in [0.05, 0.1) is 9.82 Å². The largest absolute Gasteiger partial charge is 0.327 e. The molecule has 0 radical (unpaired) electrons. The van der Waals surface area contributed by atoms with Gasteiger partial charge in [0.15, 0.2) is 0 Å². The summed E-state index contributed by atoms with van der Waals surface area (Å²) in [6, 6.07) is 3.65. The van der Waals surface area contributed by atoms with Gasteiger partial charge in [-0.1, -0.05) is 13.0 Å². The molecule has 0 heterocycles. The monoisotopic (exact) mass is 301 g/mol. The molecule has 2 unspecified atom stereocenters. The molecule has 0 spiro atoms. The molecule has 1 aromatic carbocycles. The van der Waals surface area contributed by atoms with E-state index in [-0.39, 0.29) is 22.5 Å². The van der Waals surface area contributed by atoms with E-state index >= 15 is 0 Å². The van der Waals surface area contributed by atoms with Crippen molar-refractivity contribution >= 4 is 15.7 Å². The third-order valence-electron chi connectivity index (χ3n) is 3.26. The standard InChI is InChI=1S/C12H19N3O4S/c1-8(9(2)13)11-6-5-10(7-12(11)15(16)17)20(18,19)14(3)4/h5-9H,13H2,1-4H3. The molecule has 2 atom stereocenters. The molecule has 8 heteroatoms. The number of rotatable bonds is 5. The lowest BCUT2D eigenvalue weighted by Crippen LogP contribution is -2.24. The van der Waals surface area contributed by atoms with Gasteiger partial charge in [-0.15, -0.1) is 0 Å². The maximum atomic E-state index is 12.0. The molecular formula is C12H19N3O4S. The third-order valence-corrected chi connectivity index (χ3v) is 5.07. The lowest BCUT2D eigenvalue weighted by molar-refractivity contribution is -0.386. The van der Waals surface area contributed by atoms with E-state index in [2.05, 4.69) is 0 Å². The summed E-state index contributed by atoms with van der Waals surface area (Å²) >= 11 is 0. The van der Waals surface area contributed by atoms with E-state index in [1.54, 1.807) is 13.8 Å². The molecule has 0 bridgehead atoms. The normalized spacial score (nSPS) is 15.1. The molecule has 0 saturated heterocycles. The Morgan fingerprint density at radius 2 is 1.85 bits per heavy atom. The predicted octanol–water partition coefficient (Wildman–Crippen LogP) is 1.30. The van der Waals surface area contributed by atoms with Crippen molar-refractivity contribution in [2.45, 2.75) is 30.7 Å². The van der Waals surface area contributed by atoms with Crippen molar-refractivity contribution in [2.24, 2.45) is 5.73 Å². The molecule has 7 nitrogen and oxygen atoms in total. The number of sulfonamides is 1. The molecule has 112 valence electrons. The van der Waals surface area contributed by atoms with Crippen molar-refractivity contribution in [3.8, 4) is 0 Å². The average molecular weight is 301 g/mol. The van der Waals surface area contributed by atoms with Gasteiger partial charge in [0.2, 0.25) is 10.0 Å². The molecule has 0 aliphatic heterocycles. The number of hydrogen-bond acceptors (Lipinski definition) is 5. The van der Waals surface area contributed by atoms with E-state index in [0.29, 0.717) is 5.56 Å². The van der Waals surface area contributed by atoms with Gasteiger partial charge in [0, 0.05) is 37.7 Å². The van der Waals surface area contributed by atoms with E-state index in [9.17, 15) is 18.5 Å². The summed E-state index contributed by atoms with van der Waals surface area (Å²) in [5.41, 5.74) is 5.97. The second-order valence-corrected chi connectivity index (χ2v) is 7.06. The van der Waals surface area contributed by atoms with Crippen LogP contribution in [-0.4, -0.2) is 37.8 Å². The summed E-state index contributed by atoms with van der Waals surface area (Å²) in [6.45, 7) is 3.52. The highest BCUT2D eigenvalue weighted by Gasteiger charge is 2.26. The molecule has 20 heavy (non-hydrogen) atoms. The Kier molecular flexibility index (Phi) is 4.85. The Hall–Kier alpha value is -1.51. The topological polar surface area (TPSA) is 107 Å². The van der Waals surface area contributed by atoms with Gasteiger partial charge in [-0.05, 0) is 13.0 Å². The lowest BCUT2D eigenvalue weighted by Gasteiger charge is -2.17. The highest BCUT2D eigenvalue weighted by atomic mass is 32.2. The first kappa shape index (κ1) is 16.5. The van der Waals surface area contributed by atoms with E-state index < -0.39 is 14.9 Å². The Labute approximate surface area is 118 Å². The van der Waals surface area contributed by atoms with Gasteiger partial charge in [-0.2, -0.15) is 0 Å². The summed E-state index contributed by atoms with van der Waals surface area (Å²) in [7, 11) is -0.949. The number of nitrogens with two attached hydrogens (primary N) is 1. The van der Waals surface area contributed by atoms with E-state index in [1.165, 1.54) is 26.2 Å². The molecule has 0 aromatic heterocycles. The van der Waals surface area contributed by atoms with Crippen LogP contribution in [0.4, 0.5) is 5.69 Å². The number of nitrogens with zero attached hydrogens (tertiary/aromatic N) is 2. The van der Waals surface area contributed by atoms with Gasteiger partial charge < -0.3 is 5.73 Å². The summed E-state index contributed by atoms with van der Waals surface area (Å²) in [5, 5.41) is 11.2. The first-order chi connectivity index (χ1) is 9.09. The van der Waals surface area contributed by atoms with E-state index in [1.807, 2.05) is 0 Å². The van der Waals surface area contributed by atoms with Crippen LogP contribution in [0.5, 0.6) is 0 Å². The zero-order chi connectivity index (χ0) is 15.7. The van der Waals surface area contributed by atoms with Crippen molar-refractivity contribution in [1.29, 1.82) is 0 Å². The van der Waals surface area contributed by atoms with Crippen molar-refractivity contribution in [2.75, 3.05) is 14.1 Å². The van der Waals surface area contributed by atoms with Crippen molar-refractivity contribution < 1.29 is 13.3 Å². The van der Waals surface area contributed by atoms with Crippen LogP contribution in [0.2, 0.25) is 0 Å². The Morgan fingerprint density at radius 3 is 2.25 bits per heavy atom. The summed E-state index contributed by atoms with van der Waals surface area (Å²) in [6.07, 6.45) is 0. The molecule has 0 amide bonds. The number of hydrogen-bond donors (Lipinski definition) is 1. The Bertz CT molecular complexity index is 611. The molecule has 2 N–H and O–H groups in total. The van der Waals surface area contributed by atoms with Gasteiger partial charge in [0.1, 0.15) is 0 Å². The molecule has 1 aromatic rings. The predicted molar refractivity (Wildman–Crippen MR) is 76.0 cm³/mol. The van der Waals surface area contributed by atoms with Gasteiger partial charge in [0.25, 0.3) is 5.69 Å². The average Bonchev–Trinajstić information content (AvgIpc) is 2.36. The fourth-order valence-corrected chi connectivity index (χ4v) is 2.64. The van der Waals surface area contributed by atoms with Crippen LogP contribution in [-0.2, 0) is 10.0 Å². The third kappa shape index (κ3) is 3.14. The van der Waals surface area contributed by atoms with Crippen LogP contribution in [0.15, 0.2) is 23.1 Å². The minimum atomic E-state index is -3.70. The van der Waals surface area contributed by atoms with Gasteiger partial charge in [-0.3, -0.25) is 10.1 Å². The van der Waals surface area contributed by atoms with Gasteiger partial charge >= 0.3 is 0 Å². The van der Waals surface area contributed by atoms with Crippen LogP contribution in [0.3, 0.4) is 0 Å². The first-order valence-electron chi connectivity index (χ1n) is 6.05. The zero-order valence-corrected chi connectivity index (χ0v) is 12.7. The number of nitro benzene ring substituents is 1. The maximum absolute atomic E-state index is 12.0. The summed E-state index contributed by atoms with van der Waals surface area (Å²) < 4.78 is 25.0. The van der Waals surface area contributed by atoms with Crippen molar-refractivity contribution in [1.82, 2.24) is 4.31 Å². The first-order valence-corrected chi connectivity index (χ1v) is 7.49. The molecule has 0 aliphatic carbocycles. The van der Waals surface area contributed by atoms with Crippen LogP contribution in [0.1, 0.15) is 25.3 Å². The van der Waals surface area contributed by atoms with E-state index in [0.717, 1.165) is 10.4 Å². The fraction of sp³-hybridized carbons (Fsp3) is 0.500. The highest BCUT2D eigenvalue weighted by molar-refractivity contribution is 7.89. The molecular weight excluding hydrogens is 282 g/mol. The molecule has 1 rings (SSSR count). The second kappa shape index (κ2) is 5.86. The molecule has 0 saturated carbocycles. The summed E-state index contributed by atoms with van der Waals surface area (Å²) in [4.78, 5) is 10.5. The summed E-state index contributed by atoms with van der Waals surface area (Å²) in [5.74, 6) is -0.244. The smallest absolute Gasteiger partial charge is 0.274 e. The molecule has 0 fully saturated rings.